The summed E-state index contributed by atoms with van der Waals surface area (Å²) in [5, 5.41) is 5.56. The number of nitrogens with one attached hydrogen (secondary N) is 2. The Bertz CT molecular complexity index is 1660. The molecule has 1 aliphatic heterocycles. The van der Waals surface area contributed by atoms with Gasteiger partial charge in [0.1, 0.15) is 11.4 Å². The highest BCUT2D eigenvalue weighted by Gasteiger charge is 2.30. The highest BCUT2D eigenvalue weighted by molar-refractivity contribution is 6.09. The number of rotatable bonds is 7. The average Bonchev–Trinajstić information content (AvgIpc) is 3.04. The summed E-state index contributed by atoms with van der Waals surface area (Å²) in [5.41, 5.74) is 2.81. The largest absolute Gasteiger partial charge is 0.444 e. The number of amides is 3. The van der Waals surface area contributed by atoms with Crippen molar-refractivity contribution in [1.29, 1.82) is 0 Å². The molecule has 0 atom stereocenters. The molecule has 1 aromatic heterocycles. The first-order chi connectivity index (χ1) is 22.7. The lowest BCUT2D eigenvalue weighted by Crippen LogP contribution is -2.49. The van der Waals surface area contributed by atoms with Crippen LogP contribution in [-0.2, 0) is 26.9 Å². The van der Waals surface area contributed by atoms with E-state index in [0.29, 0.717) is 67.4 Å². The Balaban J connectivity index is 1.14. The maximum absolute atomic E-state index is 13.3. The van der Waals surface area contributed by atoms with Crippen LogP contribution in [0.2, 0.25) is 0 Å². The smallest absolute Gasteiger partial charge is 0.416 e. The van der Waals surface area contributed by atoms with Crippen molar-refractivity contribution in [2.45, 2.75) is 64.7 Å². The summed E-state index contributed by atoms with van der Waals surface area (Å²) in [6.07, 6.45) is -2.00. The summed E-state index contributed by atoms with van der Waals surface area (Å²) in [4.78, 5) is 46.8. The molecule has 2 N–H and O–H groups in total. The third kappa shape index (κ3) is 9.14. The molecule has 2 aliphatic rings. The van der Waals surface area contributed by atoms with E-state index in [9.17, 15) is 27.6 Å². The average molecular weight is 664 g/mol. The number of benzene rings is 2. The highest BCUT2D eigenvalue weighted by Crippen LogP contribution is 2.35. The van der Waals surface area contributed by atoms with Crippen LogP contribution in [0.25, 0.3) is 5.57 Å². The van der Waals surface area contributed by atoms with Crippen molar-refractivity contribution >= 4 is 40.7 Å². The zero-order valence-electron chi connectivity index (χ0n) is 27.3. The minimum atomic E-state index is -4.41. The number of hydrogen-bond acceptors (Lipinski definition) is 6. The molecule has 0 spiro atoms. The van der Waals surface area contributed by atoms with Crippen LogP contribution >= 0.6 is 0 Å². The number of carbonyl (C=O) groups excluding carboxylic acids is 3. The third-order valence-corrected chi connectivity index (χ3v) is 8.19. The lowest BCUT2D eigenvalue weighted by Gasteiger charge is -2.36. The van der Waals surface area contributed by atoms with Gasteiger partial charge in [-0.25, -0.2) is 9.78 Å². The molecule has 0 bridgehead atoms. The number of ether oxygens (including phenoxy) is 1. The molecule has 48 heavy (non-hydrogen) atoms. The topological polar surface area (TPSA) is 104 Å². The number of pyridine rings is 1. The van der Waals surface area contributed by atoms with Crippen molar-refractivity contribution in [3.8, 4) is 0 Å². The Labute approximate surface area is 278 Å². The Hall–Kier alpha value is -4.87. The van der Waals surface area contributed by atoms with Gasteiger partial charge in [-0.3, -0.25) is 14.9 Å². The lowest BCUT2D eigenvalue weighted by atomic mass is 9.86. The van der Waals surface area contributed by atoms with Crippen LogP contribution in [0.3, 0.4) is 0 Å². The standard InChI is InChI=1S/C36H40F3N5O4/c1-35(2,3)48-34(47)42-31-10-6-7-27(40-31)23-32(45)44-21-19-43(20-22-44)28-17-15-26(16-18-28)41-33(46)30-9-5-4-8-29(30)24-11-13-25(14-12-24)36(37,38)39/h6-7,10-18H,4-5,8-9,19-23H2,1-3H3,(H,41,46)(H,40,42,47). The first-order valence-electron chi connectivity index (χ1n) is 16.0. The fourth-order valence-electron chi connectivity index (χ4n) is 5.83. The van der Waals surface area contributed by atoms with Crippen LogP contribution in [0, 0.1) is 0 Å². The molecular weight excluding hydrogens is 623 g/mol. The minimum absolute atomic E-state index is 0.0534. The SMILES string of the molecule is CC(C)(C)OC(=O)Nc1cccc(CC(=O)N2CCN(c3ccc(NC(=O)C4=C(c5ccc(C(F)(F)F)cc5)CCCC4)cc3)CC2)n1. The van der Waals surface area contributed by atoms with Crippen molar-refractivity contribution in [3.63, 3.8) is 0 Å². The Kier molecular flexibility index (Phi) is 10.4. The number of allylic oxidation sites excluding steroid dienone is 1. The summed E-state index contributed by atoms with van der Waals surface area (Å²) in [6, 6.07) is 17.6. The van der Waals surface area contributed by atoms with Crippen molar-refractivity contribution in [2.24, 2.45) is 0 Å². The van der Waals surface area contributed by atoms with Crippen molar-refractivity contribution < 1.29 is 32.3 Å². The van der Waals surface area contributed by atoms with Gasteiger partial charge < -0.3 is 19.9 Å². The van der Waals surface area contributed by atoms with E-state index < -0.39 is 23.4 Å². The fraction of sp³-hybridized carbons (Fsp3) is 0.389. The van der Waals surface area contributed by atoms with Gasteiger partial charge in [-0.1, -0.05) is 18.2 Å². The van der Waals surface area contributed by atoms with Crippen molar-refractivity contribution in [1.82, 2.24) is 9.88 Å². The molecule has 5 rings (SSSR count). The Morgan fingerprint density at radius 3 is 2.15 bits per heavy atom. The molecule has 0 radical (unpaired) electrons. The first-order valence-corrected chi connectivity index (χ1v) is 16.0. The number of nitrogens with zero attached hydrogens (tertiary/aromatic N) is 3. The van der Waals surface area contributed by atoms with Gasteiger partial charge in [-0.15, -0.1) is 0 Å². The molecule has 0 saturated carbocycles. The second kappa shape index (κ2) is 14.5. The number of alkyl halides is 3. The van der Waals surface area contributed by atoms with Gasteiger partial charge in [-0.2, -0.15) is 13.2 Å². The summed E-state index contributed by atoms with van der Waals surface area (Å²) >= 11 is 0. The molecular formula is C36H40F3N5O4. The normalized spacial score (nSPS) is 15.6. The molecule has 12 heteroatoms. The molecule has 3 amide bonds. The maximum Gasteiger partial charge on any atom is 0.416 e. The van der Waals surface area contributed by atoms with Gasteiger partial charge in [-0.05, 0) is 106 Å². The summed E-state index contributed by atoms with van der Waals surface area (Å²) in [5.74, 6) is 0.0153. The summed E-state index contributed by atoms with van der Waals surface area (Å²) < 4.78 is 44.4. The number of hydrogen-bond donors (Lipinski definition) is 2. The number of anilines is 3. The van der Waals surface area contributed by atoms with Crippen LogP contribution in [0.4, 0.5) is 35.2 Å². The summed E-state index contributed by atoms with van der Waals surface area (Å²) in [7, 11) is 0. The predicted molar refractivity (Wildman–Crippen MR) is 178 cm³/mol. The van der Waals surface area contributed by atoms with Gasteiger partial charge in [0.2, 0.25) is 5.91 Å². The lowest BCUT2D eigenvalue weighted by molar-refractivity contribution is -0.137. The Morgan fingerprint density at radius 1 is 0.833 bits per heavy atom. The molecule has 2 heterocycles. The minimum Gasteiger partial charge on any atom is -0.444 e. The molecule has 1 fully saturated rings. The van der Waals surface area contributed by atoms with E-state index in [1.54, 1.807) is 43.9 Å². The third-order valence-electron chi connectivity index (χ3n) is 8.19. The van der Waals surface area contributed by atoms with Crippen LogP contribution < -0.4 is 15.5 Å². The maximum atomic E-state index is 13.3. The highest BCUT2D eigenvalue weighted by atomic mass is 19.4. The molecule has 1 saturated heterocycles. The van der Waals surface area contributed by atoms with E-state index >= 15 is 0 Å². The fourth-order valence-corrected chi connectivity index (χ4v) is 5.83. The van der Waals surface area contributed by atoms with Crippen LogP contribution in [0.5, 0.6) is 0 Å². The predicted octanol–water partition coefficient (Wildman–Crippen LogP) is 7.31. The second-order valence-corrected chi connectivity index (χ2v) is 12.9. The number of piperazine rings is 1. The quantitative estimate of drug-likeness (QED) is 0.275. The van der Waals surface area contributed by atoms with Gasteiger partial charge in [0.05, 0.1) is 17.7 Å². The van der Waals surface area contributed by atoms with Crippen LogP contribution in [-0.4, -0.2) is 59.6 Å². The van der Waals surface area contributed by atoms with E-state index in [1.807, 2.05) is 24.3 Å². The first kappa shape index (κ1) is 34.5. The van der Waals surface area contributed by atoms with Gasteiger partial charge in [0, 0.05) is 43.1 Å². The van der Waals surface area contributed by atoms with E-state index in [4.69, 9.17) is 4.74 Å². The van der Waals surface area contributed by atoms with E-state index in [-0.39, 0.29) is 18.2 Å². The van der Waals surface area contributed by atoms with E-state index in [0.717, 1.165) is 36.2 Å². The number of halogens is 3. The van der Waals surface area contributed by atoms with Gasteiger partial charge >= 0.3 is 12.3 Å². The molecule has 2 aromatic carbocycles. The van der Waals surface area contributed by atoms with Crippen LogP contribution in [0.15, 0.2) is 72.3 Å². The molecule has 0 unspecified atom stereocenters. The zero-order valence-corrected chi connectivity index (χ0v) is 27.3. The van der Waals surface area contributed by atoms with Gasteiger partial charge in [0.15, 0.2) is 0 Å². The van der Waals surface area contributed by atoms with E-state index in [1.165, 1.54) is 12.1 Å². The molecule has 3 aromatic rings. The summed E-state index contributed by atoms with van der Waals surface area (Å²) in [6.45, 7) is 7.65. The molecule has 254 valence electrons. The monoisotopic (exact) mass is 663 g/mol. The van der Waals surface area contributed by atoms with Crippen LogP contribution in [0.1, 0.15) is 63.3 Å². The van der Waals surface area contributed by atoms with Crippen molar-refractivity contribution in [2.75, 3.05) is 41.7 Å². The van der Waals surface area contributed by atoms with Crippen molar-refractivity contribution in [3.05, 3.63) is 89.1 Å². The van der Waals surface area contributed by atoms with Gasteiger partial charge in [0.25, 0.3) is 5.91 Å². The molecule has 9 nitrogen and oxygen atoms in total. The Morgan fingerprint density at radius 2 is 1.50 bits per heavy atom. The zero-order chi connectivity index (χ0) is 34.5. The number of carbonyl (C=O) groups is 3. The number of aromatic nitrogens is 1. The van der Waals surface area contributed by atoms with E-state index in [2.05, 4.69) is 20.5 Å². The molecule has 1 aliphatic carbocycles. The second-order valence-electron chi connectivity index (χ2n) is 12.9.